The predicted octanol–water partition coefficient (Wildman–Crippen LogP) is 2.14. The maximum Gasteiger partial charge on any atom is 0.115 e. The molecule has 2 rings (SSSR count). The molecule has 1 aliphatic rings. The average molecular weight is 256 g/mol. The van der Waals surface area contributed by atoms with E-state index in [2.05, 4.69) is 0 Å². The maximum atomic E-state index is 10.1. The lowest BCUT2D eigenvalue weighted by molar-refractivity contribution is 0.177. The van der Waals surface area contributed by atoms with E-state index in [1.807, 2.05) is 35.7 Å². The normalized spacial score (nSPS) is 22.9. The quantitative estimate of drug-likeness (QED) is 0.869. The van der Waals surface area contributed by atoms with Crippen molar-refractivity contribution < 1.29 is 10.2 Å². The second-order valence-electron chi connectivity index (χ2n) is 3.92. The molecule has 0 bridgehead atoms. The smallest absolute Gasteiger partial charge is 0.115 e. The Hall–Kier alpha value is -0.320. The molecule has 1 saturated heterocycles. The minimum absolute atomic E-state index is 0.276. The molecular weight excluding hydrogens is 240 g/mol. The lowest BCUT2D eigenvalue weighted by Gasteiger charge is -2.25. The zero-order valence-electron chi connectivity index (χ0n) is 9.00. The van der Waals surface area contributed by atoms with Gasteiger partial charge in [0.2, 0.25) is 0 Å². The Morgan fingerprint density at radius 1 is 1.25 bits per heavy atom. The van der Waals surface area contributed by atoms with Crippen molar-refractivity contribution in [3.05, 3.63) is 29.8 Å². The van der Waals surface area contributed by atoms with Crippen molar-refractivity contribution in [2.45, 2.75) is 17.8 Å². The van der Waals surface area contributed by atoms with Crippen molar-refractivity contribution >= 4 is 23.5 Å². The van der Waals surface area contributed by atoms with E-state index in [1.54, 1.807) is 12.1 Å². The fraction of sp³-hybridized carbons (Fsp3) is 0.500. The monoisotopic (exact) mass is 256 g/mol. The van der Waals surface area contributed by atoms with E-state index in [0.717, 1.165) is 17.1 Å². The van der Waals surface area contributed by atoms with Gasteiger partial charge in [0.15, 0.2) is 0 Å². The molecule has 0 amide bonds. The van der Waals surface area contributed by atoms with Crippen molar-refractivity contribution in [3.63, 3.8) is 0 Å². The first-order valence-corrected chi connectivity index (χ1v) is 7.61. The molecular formula is C12H16O2S2. The molecule has 2 nitrogen and oxygen atoms in total. The molecule has 0 aliphatic carbocycles. The first-order chi connectivity index (χ1) is 7.75. The van der Waals surface area contributed by atoms with Crippen molar-refractivity contribution in [2.24, 2.45) is 0 Å². The highest BCUT2D eigenvalue weighted by atomic mass is 32.2. The highest BCUT2D eigenvalue weighted by Gasteiger charge is 2.22. The summed E-state index contributed by atoms with van der Waals surface area (Å²) in [6.07, 6.45) is 0.403. The zero-order chi connectivity index (χ0) is 11.4. The van der Waals surface area contributed by atoms with Crippen molar-refractivity contribution in [1.82, 2.24) is 0 Å². The van der Waals surface area contributed by atoms with Crippen LogP contribution < -0.4 is 0 Å². The van der Waals surface area contributed by atoms with Gasteiger partial charge >= 0.3 is 0 Å². The second kappa shape index (κ2) is 5.84. The Morgan fingerprint density at radius 2 is 2.00 bits per heavy atom. The molecule has 0 saturated carbocycles. The largest absolute Gasteiger partial charge is 0.508 e. The number of rotatable bonds is 3. The van der Waals surface area contributed by atoms with Crippen molar-refractivity contribution in [3.8, 4) is 5.75 Å². The number of aromatic hydroxyl groups is 1. The van der Waals surface area contributed by atoms with Crippen LogP contribution >= 0.6 is 23.5 Å². The molecule has 2 atom stereocenters. The van der Waals surface area contributed by atoms with Gasteiger partial charge in [0.05, 0.1) is 6.10 Å². The van der Waals surface area contributed by atoms with E-state index < -0.39 is 0 Å². The zero-order valence-corrected chi connectivity index (χ0v) is 10.6. The van der Waals surface area contributed by atoms with Crippen molar-refractivity contribution in [1.29, 1.82) is 0 Å². The number of phenols is 1. The molecule has 1 aromatic rings. The standard InChI is InChI=1S/C12H16O2S2/c13-10-3-1-9(2-4-10)7-11(14)12-8-15-5-6-16-12/h1-4,11-14H,5-8H2. The van der Waals surface area contributed by atoms with Gasteiger partial charge in [-0.3, -0.25) is 0 Å². The number of aliphatic hydroxyl groups is 1. The van der Waals surface area contributed by atoms with Crippen LogP contribution in [-0.4, -0.2) is 38.8 Å². The molecule has 0 aromatic heterocycles. The van der Waals surface area contributed by atoms with Crippen LogP contribution in [0.15, 0.2) is 24.3 Å². The van der Waals surface area contributed by atoms with E-state index in [4.69, 9.17) is 5.11 Å². The third-order valence-corrected chi connectivity index (χ3v) is 5.56. The lowest BCUT2D eigenvalue weighted by atomic mass is 10.1. The van der Waals surface area contributed by atoms with Crippen LogP contribution in [0.5, 0.6) is 5.75 Å². The molecule has 0 radical (unpaired) electrons. The summed E-state index contributed by atoms with van der Waals surface area (Å²) in [6, 6.07) is 7.09. The molecule has 88 valence electrons. The Labute approximate surface area is 104 Å². The van der Waals surface area contributed by atoms with Crippen LogP contribution in [0.1, 0.15) is 5.56 Å². The van der Waals surface area contributed by atoms with Gasteiger partial charge in [0, 0.05) is 22.5 Å². The second-order valence-corrected chi connectivity index (χ2v) is 6.42. The topological polar surface area (TPSA) is 40.5 Å². The highest BCUT2D eigenvalue weighted by molar-refractivity contribution is 8.06. The molecule has 16 heavy (non-hydrogen) atoms. The fourth-order valence-corrected chi connectivity index (χ4v) is 4.51. The van der Waals surface area contributed by atoms with E-state index in [1.165, 1.54) is 5.75 Å². The molecule has 1 heterocycles. The molecule has 1 aromatic carbocycles. The Morgan fingerprint density at radius 3 is 2.62 bits per heavy atom. The summed E-state index contributed by atoms with van der Waals surface area (Å²) < 4.78 is 0. The highest BCUT2D eigenvalue weighted by Crippen LogP contribution is 2.27. The number of hydrogen-bond donors (Lipinski definition) is 2. The van der Waals surface area contributed by atoms with E-state index in [9.17, 15) is 5.11 Å². The summed E-state index contributed by atoms with van der Waals surface area (Å²) in [5.74, 6) is 3.67. The van der Waals surface area contributed by atoms with Crippen LogP contribution in [0.25, 0.3) is 0 Å². The summed E-state index contributed by atoms with van der Waals surface area (Å²) in [6.45, 7) is 0. The van der Waals surface area contributed by atoms with Gasteiger partial charge in [-0.15, -0.1) is 0 Å². The predicted molar refractivity (Wildman–Crippen MR) is 71.4 cm³/mol. The van der Waals surface area contributed by atoms with Gasteiger partial charge in [-0.2, -0.15) is 23.5 Å². The van der Waals surface area contributed by atoms with Gasteiger partial charge in [0.1, 0.15) is 5.75 Å². The summed E-state index contributed by atoms with van der Waals surface area (Å²) in [5.41, 5.74) is 1.08. The Bertz CT molecular complexity index is 320. The number of hydrogen-bond acceptors (Lipinski definition) is 4. The molecule has 2 N–H and O–H groups in total. The van der Waals surface area contributed by atoms with Crippen LogP contribution in [0, 0.1) is 0 Å². The molecule has 2 unspecified atom stereocenters. The van der Waals surface area contributed by atoms with Gasteiger partial charge in [-0.05, 0) is 24.1 Å². The summed E-state index contributed by atoms with van der Waals surface area (Å²) >= 11 is 3.80. The Balaban J connectivity index is 1.90. The van der Waals surface area contributed by atoms with Crippen LogP contribution in [0.4, 0.5) is 0 Å². The third kappa shape index (κ3) is 3.34. The Kier molecular flexibility index (Phi) is 4.44. The molecule has 1 fully saturated rings. The molecule has 4 heteroatoms. The first kappa shape index (κ1) is 12.1. The van der Waals surface area contributed by atoms with Gasteiger partial charge in [-0.1, -0.05) is 12.1 Å². The van der Waals surface area contributed by atoms with Gasteiger partial charge in [-0.25, -0.2) is 0 Å². The maximum absolute atomic E-state index is 10.1. The number of phenolic OH excluding ortho intramolecular Hbond substituents is 1. The number of aliphatic hydroxyl groups excluding tert-OH is 1. The van der Waals surface area contributed by atoms with Gasteiger partial charge in [0.25, 0.3) is 0 Å². The minimum Gasteiger partial charge on any atom is -0.508 e. The summed E-state index contributed by atoms with van der Waals surface area (Å²) in [5, 5.41) is 19.6. The van der Waals surface area contributed by atoms with E-state index in [0.29, 0.717) is 11.7 Å². The third-order valence-electron chi connectivity index (χ3n) is 2.65. The van der Waals surface area contributed by atoms with Crippen molar-refractivity contribution in [2.75, 3.05) is 17.3 Å². The van der Waals surface area contributed by atoms with Crippen LogP contribution in [0.2, 0.25) is 0 Å². The summed E-state index contributed by atoms with van der Waals surface area (Å²) in [7, 11) is 0. The van der Waals surface area contributed by atoms with Crippen LogP contribution in [-0.2, 0) is 6.42 Å². The fourth-order valence-electron chi connectivity index (χ4n) is 1.73. The van der Waals surface area contributed by atoms with Gasteiger partial charge < -0.3 is 10.2 Å². The molecule has 0 spiro atoms. The number of thioether (sulfide) groups is 2. The van der Waals surface area contributed by atoms with E-state index >= 15 is 0 Å². The van der Waals surface area contributed by atoms with Crippen LogP contribution in [0.3, 0.4) is 0 Å². The lowest BCUT2D eigenvalue weighted by Crippen LogP contribution is -2.30. The van der Waals surface area contributed by atoms with E-state index in [-0.39, 0.29) is 11.9 Å². The first-order valence-electron chi connectivity index (χ1n) is 5.41. The SMILES string of the molecule is Oc1ccc(CC(O)C2CSCCS2)cc1. The molecule has 1 aliphatic heterocycles. The number of benzene rings is 1. The minimum atomic E-state index is -0.276. The summed E-state index contributed by atoms with van der Waals surface area (Å²) in [4.78, 5) is 0. The average Bonchev–Trinajstić information content (AvgIpc) is 2.33.